The summed E-state index contributed by atoms with van der Waals surface area (Å²) in [5.74, 6) is 0.587. The van der Waals surface area contributed by atoms with Gasteiger partial charge in [0.15, 0.2) is 6.61 Å². The standard InChI is InChI=1S/C16H15BrClNO4/c1-22-15-5-3-12(18)7-13(15)19-16(21)9-23-14-4-2-11(17)6-10(14)8-20/h2-7,20H,8-9H2,1H3,(H,19,21). The highest BCUT2D eigenvalue weighted by Gasteiger charge is 2.10. The molecule has 0 saturated heterocycles. The van der Waals surface area contributed by atoms with Gasteiger partial charge in [0.1, 0.15) is 11.5 Å². The number of carbonyl (C=O) groups excluding carboxylic acids is 1. The van der Waals surface area contributed by atoms with Gasteiger partial charge in [-0.15, -0.1) is 0 Å². The molecule has 0 aliphatic rings. The highest BCUT2D eigenvalue weighted by Crippen LogP contribution is 2.28. The minimum Gasteiger partial charge on any atom is -0.495 e. The fraction of sp³-hybridized carbons (Fsp3) is 0.188. The van der Waals surface area contributed by atoms with Crippen molar-refractivity contribution in [3.63, 3.8) is 0 Å². The highest BCUT2D eigenvalue weighted by molar-refractivity contribution is 9.10. The number of amides is 1. The molecule has 2 aromatic carbocycles. The lowest BCUT2D eigenvalue weighted by atomic mass is 10.2. The quantitative estimate of drug-likeness (QED) is 0.777. The van der Waals surface area contributed by atoms with Crippen LogP contribution in [0.25, 0.3) is 0 Å². The second-order valence-electron chi connectivity index (χ2n) is 4.59. The maximum absolute atomic E-state index is 12.0. The molecule has 2 N–H and O–H groups in total. The van der Waals surface area contributed by atoms with Gasteiger partial charge in [-0.3, -0.25) is 4.79 Å². The topological polar surface area (TPSA) is 67.8 Å². The van der Waals surface area contributed by atoms with E-state index in [-0.39, 0.29) is 19.1 Å². The van der Waals surface area contributed by atoms with Gasteiger partial charge in [-0.2, -0.15) is 0 Å². The molecular formula is C16H15BrClNO4. The Morgan fingerprint density at radius 2 is 2.00 bits per heavy atom. The molecule has 0 saturated carbocycles. The van der Waals surface area contributed by atoms with Crippen LogP contribution >= 0.6 is 27.5 Å². The summed E-state index contributed by atoms with van der Waals surface area (Å²) in [5, 5.41) is 12.5. The Hall–Kier alpha value is -1.76. The Balaban J connectivity index is 2.02. The molecule has 23 heavy (non-hydrogen) atoms. The van der Waals surface area contributed by atoms with Gasteiger partial charge in [-0.1, -0.05) is 27.5 Å². The summed E-state index contributed by atoms with van der Waals surface area (Å²) in [5.41, 5.74) is 1.05. The molecule has 2 aromatic rings. The average Bonchev–Trinajstić information content (AvgIpc) is 2.53. The maximum atomic E-state index is 12.0. The Bertz CT molecular complexity index is 708. The van der Waals surface area contributed by atoms with Crippen molar-refractivity contribution in [2.45, 2.75) is 6.61 Å². The third-order valence-corrected chi connectivity index (χ3v) is 3.72. The van der Waals surface area contributed by atoms with Gasteiger partial charge in [0.2, 0.25) is 0 Å². The molecule has 0 aliphatic carbocycles. The molecule has 0 atom stereocenters. The van der Waals surface area contributed by atoms with E-state index in [1.807, 2.05) is 0 Å². The summed E-state index contributed by atoms with van der Waals surface area (Å²) >= 11 is 9.23. The first-order valence-corrected chi connectivity index (χ1v) is 7.86. The fourth-order valence-corrected chi connectivity index (χ4v) is 2.50. The monoisotopic (exact) mass is 399 g/mol. The number of rotatable bonds is 6. The van der Waals surface area contributed by atoms with E-state index in [0.29, 0.717) is 27.8 Å². The normalized spacial score (nSPS) is 10.3. The van der Waals surface area contributed by atoms with E-state index in [1.165, 1.54) is 7.11 Å². The molecule has 0 unspecified atom stereocenters. The smallest absolute Gasteiger partial charge is 0.262 e. The van der Waals surface area contributed by atoms with E-state index < -0.39 is 0 Å². The van der Waals surface area contributed by atoms with Crippen LogP contribution in [-0.2, 0) is 11.4 Å². The van der Waals surface area contributed by atoms with Crippen molar-refractivity contribution >= 4 is 39.1 Å². The second-order valence-corrected chi connectivity index (χ2v) is 5.94. The van der Waals surface area contributed by atoms with E-state index in [0.717, 1.165) is 4.47 Å². The van der Waals surface area contributed by atoms with Crippen LogP contribution in [0.15, 0.2) is 40.9 Å². The molecule has 0 radical (unpaired) electrons. The summed E-state index contributed by atoms with van der Waals surface area (Å²) in [6, 6.07) is 10.1. The van der Waals surface area contributed by atoms with Crippen LogP contribution in [0, 0.1) is 0 Å². The number of hydrogen-bond donors (Lipinski definition) is 2. The molecular weight excluding hydrogens is 386 g/mol. The summed E-state index contributed by atoms with van der Waals surface area (Å²) in [4.78, 5) is 12.0. The molecule has 0 aromatic heterocycles. The highest BCUT2D eigenvalue weighted by atomic mass is 79.9. The minimum atomic E-state index is -0.364. The average molecular weight is 401 g/mol. The van der Waals surface area contributed by atoms with Gasteiger partial charge in [-0.25, -0.2) is 0 Å². The van der Waals surface area contributed by atoms with Gasteiger partial charge in [0, 0.05) is 15.1 Å². The summed E-state index contributed by atoms with van der Waals surface area (Å²) in [6.45, 7) is -0.386. The number of methoxy groups -OCH3 is 1. The molecule has 5 nitrogen and oxygen atoms in total. The first-order valence-electron chi connectivity index (χ1n) is 6.69. The predicted octanol–water partition coefficient (Wildman–Crippen LogP) is 3.62. The van der Waals surface area contributed by atoms with E-state index in [2.05, 4.69) is 21.2 Å². The summed E-state index contributed by atoms with van der Waals surface area (Å²) < 4.78 is 11.4. The van der Waals surface area contributed by atoms with Crippen LogP contribution in [-0.4, -0.2) is 24.7 Å². The zero-order chi connectivity index (χ0) is 16.8. The Kier molecular flexibility index (Phi) is 6.27. The maximum Gasteiger partial charge on any atom is 0.262 e. The van der Waals surface area contributed by atoms with E-state index >= 15 is 0 Å². The molecule has 0 heterocycles. The van der Waals surface area contributed by atoms with Gasteiger partial charge in [0.25, 0.3) is 5.91 Å². The van der Waals surface area contributed by atoms with Crippen LogP contribution in [0.1, 0.15) is 5.56 Å². The predicted molar refractivity (Wildman–Crippen MR) is 92.2 cm³/mol. The van der Waals surface area contributed by atoms with Crippen molar-refractivity contribution in [3.05, 3.63) is 51.5 Å². The van der Waals surface area contributed by atoms with Gasteiger partial charge < -0.3 is 19.9 Å². The lowest BCUT2D eigenvalue weighted by Crippen LogP contribution is -2.21. The van der Waals surface area contributed by atoms with Crippen LogP contribution in [0.3, 0.4) is 0 Å². The first-order chi connectivity index (χ1) is 11.0. The zero-order valence-electron chi connectivity index (χ0n) is 12.3. The second kappa shape index (κ2) is 8.19. The molecule has 7 heteroatoms. The fourth-order valence-electron chi connectivity index (χ4n) is 1.92. The summed E-state index contributed by atoms with van der Waals surface area (Å²) in [6.07, 6.45) is 0. The van der Waals surface area contributed by atoms with E-state index in [9.17, 15) is 9.90 Å². The lowest BCUT2D eigenvalue weighted by molar-refractivity contribution is -0.118. The van der Waals surface area contributed by atoms with Crippen LogP contribution in [0.2, 0.25) is 5.02 Å². The number of carbonyl (C=O) groups is 1. The van der Waals surface area contributed by atoms with Crippen molar-refractivity contribution < 1.29 is 19.4 Å². The molecule has 1 amide bonds. The number of aliphatic hydroxyl groups excluding tert-OH is 1. The van der Waals surface area contributed by atoms with Crippen molar-refractivity contribution in [3.8, 4) is 11.5 Å². The van der Waals surface area contributed by atoms with Gasteiger partial charge in [-0.05, 0) is 36.4 Å². The SMILES string of the molecule is COc1ccc(Cl)cc1NC(=O)COc1ccc(Br)cc1CO. The number of halogens is 2. The molecule has 2 rings (SSSR count). The van der Waals surface area contributed by atoms with Crippen molar-refractivity contribution in [2.24, 2.45) is 0 Å². The minimum absolute atomic E-state index is 0.182. The number of benzene rings is 2. The number of nitrogens with one attached hydrogen (secondary N) is 1. The third kappa shape index (κ3) is 4.86. The largest absolute Gasteiger partial charge is 0.495 e. The van der Waals surface area contributed by atoms with E-state index in [1.54, 1.807) is 36.4 Å². The Morgan fingerprint density at radius 1 is 1.26 bits per heavy atom. The lowest BCUT2D eigenvalue weighted by Gasteiger charge is -2.12. The van der Waals surface area contributed by atoms with Crippen LogP contribution < -0.4 is 14.8 Å². The van der Waals surface area contributed by atoms with Crippen LogP contribution in [0.5, 0.6) is 11.5 Å². The van der Waals surface area contributed by atoms with Crippen LogP contribution in [0.4, 0.5) is 5.69 Å². The summed E-state index contributed by atoms with van der Waals surface area (Å²) in [7, 11) is 1.50. The number of ether oxygens (including phenoxy) is 2. The zero-order valence-corrected chi connectivity index (χ0v) is 14.6. The molecule has 0 fully saturated rings. The van der Waals surface area contributed by atoms with Gasteiger partial charge >= 0.3 is 0 Å². The third-order valence-electron chi connectivity index (χ3n) is 2.99. The molecule has 122 valence electrons. The van der Waals surface area contributed by atoms with Crippen molar-refractivity contribution in [1.82, 2.24) is 0 Å². The number of anilines is 1. The Morgan fingerprint density at radius 3 is 2.70 bits per heavy atom. The number of aliphatic hydroxyl groups is 1. The van der Waals surface area contributed by atoms with Crippen molar-refractivity contribution in [1.29, 1.82) is 0 Å². The number of hydrogen-bond acceptors (Lipinski definition) is 4. The van der Waals surface area contributed by atoms with Crippen molar-refractivity contribution in [2.75, 3.05) is 19.0 Å². The molecule has 0 bridgehead atoms. The molecule has 0 spiro atoms. The van der Waals surface area contributed by atoms with Gasteiger partial charge in [0.05, 0.1) is 19.4 Å². The Labute approximate surface area is 147 Å². The first kappa shape index (κ1) is 17.6. The van der Waals surface area contributed by atoms with E-state index in [4.69, 9.17) is 21.1 Å². The molecule has 0 aliphatic heterocycles.